The van der Waals surface area contributed by atoms with Gasteiger partial charge in [0, 0.05) is 17.2 Å². The third kappa shape index (κ3) is 4.64. The molecule has 0 amide bonds. The highest BCUT2D eigenvalue weighted by atomic mass is 79.9. The van der Waals surface area contributed by atoms with Crippen LogP contribution in [0.3, 0.4) is 0 Å². The largest absolute Gasteiger partial charge is 0.494 e. The molecule has 0 saturated heterocycles. The van der Waals surface area contributed by atoms with Crippen LogP contribution in [0.1, 0.15) is 35.7 Å². The lowest BCUT2D eigenvalue weighted by atomic mass is 10.1. The van der Waals surface area contributed by atoms with Crippen LogP contribution in [0.2, 0.25) is 0 Å². The van der Waals surface area contributed by atoms with Crippen molar-refractivity contribution in [1.29, 1.82) is 0 Å². The zero-order valence-electron chi connectivity index (χ0n) is 11.8. The van der Waals surface area contributed by atoms with Crippen molar-refractivity contribution < 1.29 is 4.74 Å². The van der Waals surface area contributed by atoms with Crippen LogP contribution in [0.5, 0.6) is 5.75 Å². The Morgan fingerprint density at radius 2 is 1.80 bits per heavy atom. The average molecular weight is 334 g/mol. The fourth-order valence-corrected chi connectivity index (χ4v) is 2.63. The second-order valence-electron chi connectivity index (χ2n) is 4.80. The maximum Gasteiger partial charge on any atom is 0.119 e. The van der Waals surface area contributed by atoms with E-state index < -0.39 is 0 Å². The summed E-state index contributed by atoms with van der Waals surface area (Å²) in [5.74, 6) is 0.950. The number of halogens is 1. The number of hydrogen-bond acceptors (Lipinski definition) is 2. The van der Waals surface area contributed by atoms with Crippen LogP contribution in [0, 0.1) is 0 Å². The molecule has 1 heterocycles. The first-order valence-electron chi connectivity index (χ1n) is 7.05. The van der Waals surface area contributed by atoms with Crippen molar-refractivity contribution in [2.24, 2.45) is 0 Å². The van der Waals surface area contributed by atoms with Gasteiger partial charge in [-0.05, 0) is 48.2 Å². The minimum Gasteiger partial charge on any atom is -0.494 e. The van der Waals surface area contributed by atoms with E-state index in [1.165, 1.54) is 11.1 Å². The van der Waals surface area contributed by atoms with Crippen molar-refractivity contribution in [1.82, 2.24) is 4.98 Å². The molecular weight excluding hydrogens is 314 g/mol. The third-order valence-electron chi connectivity index (χ3n) is 3.17. The lowest BCUT2D eigenvalue weighted by molar-refractivity contribution is 0.309. The molecule has 2 nitrogen and oxygen atoms in total. The number of rotatable bonds is 7. The van der Waals surface area contributed by atoms with E-state index in [-0.39, 0.29) is 0 Å². The van der Waals surface area contributed by atoms with E-state index in [1.54, 1.807) is 0 Å². The van der Waals surface area contributed by atoms with Gasteiger partial charge < -0.3 is 4.74 Å². The van der Waals surface area contributed by atoms with Gasteiger partial charge in [-0.25, -0.2) is 0 Å². The number of unbranched alkanes of at least 4 members (excludes halogenated alkanes) is 1. The van der Waals surface area contributed by atoms with E-state index in [1.807, 2.05) is 24.5 Å². The number of nitrogens with zero attached hydrogens (tertiary/aromatic N) is 1. The summed E-state index contributed by atoms with van der Waals surface area (Å²) in [6.07, 6.45) is 6.89. The molecule has 1 aromatic carbocycles. The molecule has 0 aliphatic carbocycles. The molecule has 20 heavy (non-hydrogen) atoms. The Bertz CT molecular complexity index is 498. The lowest BCUT2D eigenvalue weighted by Gasteiger charge is -2.11. The van der Waals surface area contributed by atoms with Crippen LogP contribution in [0.25, 0.3) is 0 Å². The molecule has 1 unspecified atom stereocenters. The van der Waals surface area contributed by atoms with Crippen molar-refractivity contribution in [2.75, 3.05) is 6.61 Å². The van der Waals surface area contributed by atoms with E-state index in [2.05, 4.69) is 52.1 Å². The summed E-state index contributed by atoms with van der Waals surface area (Å²) in [5, 5.41) is 0. The molecule has 2 aromatic rings. The van der Waals surface area contributed by atoms with E-state index in [0.29, 0.717) is 4.83 Å². The lowest BCUT2D eigenvalue weighted by Crippen LogP contribution is -1.98. The number of aromatic nitrogens is 1. The average Bonchev–Trinajstić information content (AvgIpc) is 2.49. The molecule has 106 valence electrons. The highest BCUT2D eigenvalue weighted by Crippen LogP contribution is 2.28. The van der Waals surface area contributed by atoms with Gasteiger partial charge in [-0.15, -0.1) is 0 Å². The van der Waals surface area contributed by atoms with E-state index in [4.69, 9.17) is 4.74 Å². The normalized spacial score (nSPS) is 12.1. The molecule has 0 aliphatic rings. The maximum atomic E-state index is 5.68. The Balaban J connectivity index is 1.92. The van der Waals surface area contributed by atoms with Gasteiger partial charge in [0.1, 0.15) is 5.75 Å². The molecule has 0 spiro atoms. The zero-order chi connectivity index (χ0) is 14.2. The fraction of sp³-hybridized carbons (Fsp3) is 0.353. The van der Waals surface area contributed by atoms with Crippen molar-refractivity contribution in [3.05, 3.63) is 59.9 Å². The Hall–Kier alpha value is -1.35. The van der Waals surface area contributed by atoms with Gasteiger partial charge in [0.15, 0.2) is 0 Å². The summed E-state index contributed by atoms with van der Waals surface area (Å²) >= 11 is 3.75. The number of hydrogen-bond donors (Lipinski definition) is 0. The van der Waals surface area contributed by atoms with Crippen LogP contribution < -0.4 is 4.74 Å². The second-order valence-corrected chi connectivity index (χ2v) is 5.90. The summed E-state index contributed by atoms with van der Waals surface area (Å²) in [7, 11) is 0. The quantitative estimate of drug-likeness (QED) is 0.528. The van der Waals surface area contributed by atoms with Gasteiger partial charge in [0.05, 0.1) is 6.61 Å². The summed E-state index contributed by atoms with van der Waals surface area (Å²) in [5.41, 5.74) is 2.55. The molecule has 0 bridgehead atoms. The van der Waals surface area contributed by atoms with E-state index >= 15 is 0 Å². The monoisotopic (exact) mass is 333 g/mol. The molecule has 2 rings (SSSR count). The van der Waals surface area contributed by atoms with Gasteiger partial charge in [-0.1, -0.05) is 41.4 Å². The van der Waals surface area contributed by atoms with Crippen molar-refractivity contribution in [3.8, 4) is 5.75 Å². The topological polar surface area (TPSA) is 22.1 Å². The van der Waals surface area contributed by atoms with Gasteiger partial charge in [0.25, 0.3) is 0 Å². The summed E-state index contributed by atoms with van der Waals surface area (Å²) in [6, 6.07) is 12.5. The second kappa shape index (κ2) is 8.05. The highest BCUT2D eigenvalue weighted by Gasteiger charge is 2.08. The molecule has 0 fully saturated rings. The first kappa shape index (κ1) is 15.0. The zero-order valence-corrected chi connectivity index (χ0v) is 13.3. The van der Waals surface area contributed by atoms with E-state index in [9.17, 15) is 0 Å². The molecule has 0 saturated carbocycles. The summed E-state index contributed by atoms with van der Waals surface area (Å²) < 4.78 is 5.68. The number of alkyl halides is 1. The van der Waals surface area contributed by atoms with Crippen LogP contribution >= 0.6 is 15.9 Å². The Morgan fingerprint density at radius 1 is 1.10 bits per heavy atom. The van der Waals surface area contributed by atoms with Gasteiger partial charge in [-0.2, -0.15) is 0 Å². The van der Waals surface area contributed by atoms with Crippen LogP contribution in [-0.4, -0.2) is 11.6 Å². The first-order valence-corrected chi connectivity index (χ1v) is 7.97. The Kier molecular flexibility index (Phi) is 6.06. The Labute approximate surface area is 129 Å². The Morgan fingerprint density at radius 3 is 2.45 bits per heavy atom. The molecule has 0 N–H and O–H groups in total. The minimum absolute atomic E-state index is 0.314. The van der Waals surface area contributed by atoms with Crippen molar-refractivity contribution >= 4 is 15.9 Å². The van der Waals surface area contributed by atoms with Gasteiger partial charge >= 0.3 is 0 Å². The standard InChI is InChI=1S/C17H20BrNO/c1-2-3-12-20-16-6-4-15(5-7-16)17(18)13-14-8-10-19-11-9-14/h4-11,17H,2-3,12-13H2,1H3. The SMILES string of the molecule is CCCCOc1ccc(C(Br)Cc2ccncc2)cc1. The van der Waals surface area contributed by atoms with Crippen molar-refractivity contribution in [2.45, 2.75) is 31.0 Å². The minimum atomic E-state index is 0.314. The smallest absolute Gasteiger partial charge is 0.119 e. The molecule has 0 radical (unpaired) electrons. The first-order chi connectivity index (χ1) is 9.79. The van der Waals surface area contributed by atoms with Crippen molar-refractivity contribution in [3.63, 3.8) is 0 Å². The number of benzene rings is 1. The summed E-state index contributed by atoms with van der Waals surface area (Å²) in [6.45, 7) is 2.96. The molecular formula is C17H20BrNO. The molecule has 0 aliphatic heterocycles. The van der Waals surface area contributed by atoms with Crippen LogP contribution in [0.4, 0.5) is 0 Å². The van der Waals surface area contributed by atoms with E-state index in [0.717, 1.165) is 31.6 Å². The fourth-order valence-electron chi connectivity index (χ4n) is 1.95. The summed E-state index contributed by atoms with van der Waals surface area (Å²) in [4.78, 5) is 4.36. The van der Waals surface area contributed by atoms with Crippen LogP contribution in [0.15, 0.2) is 48.8 Å². The predicted octanol–water partition coefficient (Wildman–Crippen LogP) is 4.94. The molecule has 1 atom stereocenters. The van der Waals surface area contributed by atoms with Gasteiger partial charge in [-0.3, -0.25) is 4.98 Å². The van der Waals surface area contributed by atoms with Crippen LogP contribution in [-0.2, 0) is 6.42 Å². The number of ether oxygens (including phenoxy) is 1. The number of pyridine rings is 1. The molecule has 3 heteroatoms. The predicted molar refractivity (Wildman–Crippen MR) is 86.5 cm³/mol. The molecule has 1 aromatic heterocycles. The van der Waals surface area contributed by atoms with Gasteiger partial charge in [0.2, 0.25) is 0 Å². The highest BCUT2D eigenvalue weighted by molar-refractivity contribution is 9.09. The maximum absolute atomic E-state index is 5.68. The third-order valence-corrected chi connectivity index (χ3v) is 4.03.